The van der Waals surface area contributed by atoms with Gasteiger partial charge in [-0.1, -0.05) is 41.9 Å². The summed E-state index contributed by atoms with van der Waals surface area (Å²) in [5, 5.41) is 2.63. The molecule has 0 atom stereocenters. The minimum atomic E-state index is 0.219. The molecule has 1 saturated carbocycles. The Morgan fingerprint density at radius 2 is 1.93 bits per heavy atom. The summed E-state index contributed by atoms with van der Waals surface area (Å²) in [6, 6.07) is 16.9. The maximum absolute atomic E-state index is 6.51. The van der Waals surface area contributed by atoms with Crippen molar-refractivity contribution >= 4 is 40.7 Å². The number of likely N-dealkylation sites (tertiary alicyclic amines) is 1. The van der Waals surface area contributed by atoms with Gasteiger partial charge in [0.05, 0.1) is 10.5 Å². The molecular formula is C23H24ClN3OS2. The molecule has 4 nitrogen and oxygen atoms in total. The highest BCUT2D eigenvalue weighted by atomic mass is 35.5. The number of aromatic nitrogens is 1. The number of ether oxygens (including phenoxy) is 1. The van der Waals surface area contributed by atoms with Crippen LogP contribution in [-0.4, -0.2) is 29.1 Å². The predicted molar refractivity (Wildman–Crippen MR) is 126 cm³/mol. The smallest absolute Gasteiger partial charge is 0.147 e. The van der Waals surface area contributed by atoms with Crippen molar-refractivity contribution in [1.29, 1.82) is 0 Å². The van der Waals surface area contributed by atoms with Gasteiger partial charge in [0.2, 0.25) is 0 Å². The highest BCUT2D eigenvalue weighted by Crippen LogP contribution is 2.51. The molecule has 0 unspecified atom stereocenters. The SMILES string of the molecule is Clc1cc(SNc2cscn2)ccc1OC1CCN(C2(c3ccccc3)CC2)CC1. The Morgan fingerprint density at radius 3 is 2.60 bits per heavy atom. The van der Waals surface area contributed by atoms with Gasteiger partial charge >= 0.3 is 0 Å². The number of nitrogens with zero attached hydrogens (tertiary/aromatic N) is 2. The zero-order valence-electron chi connectivity index (χ0n) is 16.6. The first-order chi connectivity index (χ1) is 14.7. The van der Waals surface area contributed by atoms with Crippen molar-refractivity contribution in [2.45, 2.75) is 42.2 Å². The second kappa shape index (κ2) is 8.79. The zero-order chi connectivity index (χ0) is 20.4. The third-order valence-electron chi connectivity index (χ3n) is 5.98. The van der Waals surface area contributed by atoms with E-state index in [4.69, 9.17) is 16.3 Å². The third-order valence-corrected chi connectivity index (χ3v) is 7.67. The Balaban J connectivity index is 1.16. The van der Waals surface area contributed by atoms with Crippen molar-refractivity contribution in [2.24, 2.45) is 0 Å². The van der Waals surface area contributed by atoms with E-state index in [1.165, 1.54) is 30.4 Å². The Morgan fingerprint density at radius 1 is 1.13 bits per heavy atom. The molecule has 2 fully saturated rings. The molecule has 1 aliphatic heterocycles. The molecule has 1 saturated heterocycles. The second-order valence-electron chi connectivity index (χ2n) is 7.87. The fourth-order valence-electron chi connectivity index (χ4n) is 4.25. The number of thiazole rings is 1. The van der Waals surface area contributed by atoms with E-state index in [0.29, 0.717) is 5.02 Å². The van der Waals surface area contributed by atoms with E-state index in [1.807, 2.05) is 29.1 Å². The average Bonchev–Trinajstić information content (AvgIpc) is 3.43. The molecule has 0 bridgehead atoms. The Labute approximate surface area is 190 Å². The number of hydrogen-bond donors (Lipinski definition) is 1. The summed E-state index contributed by atoms with van der Waals surface area (Å²) in [5.41, 5.74) is 3.54. The van der Waals surface area contributed by atoms with E-state index in [-0.39, 0.29) is 11.6 Å². The summed E-state index contributed by atoms with van der Waals surface area (Å²) in [5.74, 6) is 1.63. The largest absolute Gasteiger partial charge is 0.489 e. The molecule has 3 aromatic rings. The Bertz CT molecular complexity index is 971. The number of nitrogens with one attached hydrogen (secondary N) is 1. The van der Waals surface area contributed by atoms with E-state index in [2.05, 4.69) is 44.9 Å². The molecule has 2 aromatic carbocycles. The van der Waals surface area contributed by atoms with E-state index in [0.717, 1.165) is 42.4 Å². The quantitative estimate of drug-likeness (QED) is 0.412. The molecule has 0 radical (unpaired) electrons. The molecule has 0 amide bonds. The van der Waals surface area contributed by atoms with Gasteiger partial charge in [0.15, 0.2) is 0 Å². The molecule has 5 rings (SSSR count). The fraction of sp³-hybridized carbons (Fsp3) is 0.348. The number of anilines is 1. The number of piperidine rings is 1. The number of rotatable bonds is 7. The average molecular weight is 458 g/mol. The third kappa shape index (κ3) is 4.33. The highest BCUT2D eigenvalue weighted by Gasteiger charge is 2.49. The van der Waals surface area contributed by atoms with Gasteiger partial charge in [0.25, 0.3) is 0 Å². The lowest BCUT2D eigenvalue weighted by Crippen LogP contribution is -2.44. The van der Waals surface area contributed by atoms with Gasteiger partial charge in [-0.3, -0.25) is 4.90 Å². The van der Waals surface area contributed by atoms with Gasteiger partial charge in [-0.05, 0) is 61.4 Å². The van der Waals surface area contributed by atoms with Crippen molar-refractivity contribution in [1.82, 2.24) is 9.88 Å². The number of benzene rings is 2. The van der Waals surface area contributed by atoms with Crippen LogP contribution in [0.5, 0.6) is 5.75 Å². The molecular weight excluding hydrogens is 434 g/mol. The summed E-state index contributed by atoms with van der Waals surface area (Å²) >= 11 is 9.58. The summed E-state index contributed by atoms with van der Waals surface area (Å²) in [4.78, 5) is 7.92. The van der Waals surface area contributed by atoms with E-state index in [1.54, 1.807) is 11.3 Å². The fourth-order valence-corrected chi connectivity index (χ4v) is 5.75. The molecule has 30 heavy (non-hydrogen) atoms. The Kier molecular flexibility index (Phi) is 5.92. The lowest BCUT2D eigenvalue weighted by atomic mass is 9.98. The summed E-state index contributed by atoms with van der Waals surface area (Å²) < 4.78 is 9.50. The van der Waals surface area contributed by atoms with Gasteiger partial charge in [0, 0.05) is 28.9 Å². The van der Waals surface area contributed by atoms with Crippen LogP contribution in [0.3, 0.4) is 0 Å². The summed E-state index contributed by atoms with van der Waals surface area (Å²) in [6.45, 7) is 2.14. The van der Waals surface area contributed by atoms with Crippen LogP contribution in [0.2, 0.25) is 5.02 Å². The summed E-state index contributed by atoms with van der Waals surface area (Å²) in [7, 11) is 0. The van der Waals surface area contributed by atoms with Crippen molar-refractivity contribution in [3.63, 3.8) is 0 Å². The van der Waals surface area contributed by atoms with Crippen LogP contribution in [0.1, 0.15) is 31.2 Å². The highest BCUT2D eigenvalue weighted by molar-refractivity contribution is 8.00. The normalized spacial score (nSPS) is 18.8. The molecule has 1 aromatic heterocycles. The minimum Gasteiger partial charge on any atom is -0.489 e. The molecule has 0 spiro atoms. The van der Waals surface area contributed by atoms with Crippen LogP contribution in [0, 0.1) is 0 Å². The van der Waals surface area contributed by atoms with Gasteiger partial charge in [0.1, 0.15) is 17.7 Å². The maximum atomic E-state index is 6.51. The van der Waals surface area contributed by atoms with Crippen molar-refractivity contribution in [3.8, 4) is 5.75 Å². The van der Waals surface area contributed by atoms with Crippen LogP contribution in [-0.2, 0) is 5.54 Å². The summed E-state index contributed by atoms with van der Waals surface area (Å²) in [6.07, 6.45) is 4.82. The molecule has 7 heteroatoms. The van der Waals surface area contributed by atoms with Crippen LogP contribution in [0.15, 0.2) is 64.3 Å². The van der Waals surface area contributed by atoms with Crippen LogP contribution >= 0.6 is 34.9 Å². The van der Waals surface area contributed by atoms with Gasteiger partial charge in [-0.25, -0.2) is 4.98 Å². The maximum Gasteiger partial charge on any atom is 0.147 e. The van der Waals surface area contributed by atoms with Gasteiger partial charge < -0.3 is 9.46 Å². The Hall–Kier alpha value is -1.73. The lowest BCUT2D eigenvalue weighted by molar-refractivity contribution is 0.0657. The monoisotopic (exact) mass is 457 g/mol. The molecule has 2 heterocycles. The van der Waals surface area contributed by atoms with Crippen molar-refractivity contribution < 1.29 is 4.74 Å². The standard InChI is InChI=1S/C23H24ClN3OS2/c24-20-14-19(30-26-22-15-29-16-25-22)6-7-21(20)28-18-8-12-27(13-9-18)23(10-11-23)17-4-2-1-3-5-17/h1-7,14-16,18,26H,8-13H2. The first-order valence-corrected chi connectivity index (χ1v) is 12.4. The first-order valence-electron chi connectivity index (χ1n) is 10.3. The predicted octanol–water partition coefficient (Wildman–Crippen LogP) is 6.45. The van der Waals surface area contributed by atoms with Gasteiger partial charge in [-0.15, -0.1) is 11.3 Å². The van der Waals surface area contributed by atoms with Crippen LogP contribution in [0.25, 0.3) is 0 Å². The number of hydrogen-bond acceptors (Lipinski definition) is 6. The van der Waals surface area contributed by atoms with Crippen molar-refractivity contribution in [2.75, 3.05) is 17.8 Å². The zero-order valence-corrected chi connectivity index (χ0v) is 19.0. The van der Waals surface area contributed by atoms with E-state index >= 15 is 0 Å². The minimum absolute atomic E-state index is 0.219. The number of halogens is 1. The van der Waals surface area contributed by atoms with Crippen molar-refractivity contribution in [3.05, 3.63) is 70.0 Å². The van der Waals surface area contributed by atoms with E-state index < -0.39 is 0 Å². The lowest BCUT2D eigenvalue weighted by Gasteiger charge is -2.38. The first kappa shape index (κ1) is 20.2. The molecule has 1 N–H and O–H groups in total. The topological polar surface area (TPSA) is 37.4 Å². The molecule has 156 valence electrons. The van der Waals surface area contributed by atoms with Crippen LogP contribution in [0.4, 0.5) is 5.82 Å². The molecule has 1 aliphatic carbocycles. The van der Waals surface area contributed by atoms with Crippen LogP contribution < -0.4 is 9.46 Å². The van der Waals surface area contributed by atoms with E-state index in [9.17, 15) is 0 Å². The molecule has 2 aliphatic rings. The second-order valence-corrected chi connectivity index (χ2v) is 9.88. The van der Waals surface area contributed by atoms with Gasteiger partial charge in [-0.2, -0.15) is 0 Å².